The molecular weight excluding hydrogens is 339 g/mol. The topological polar surface area (TPSA) is 64.2 Å². The first-order chi connectivity index (χ1) is 10.0. The maximum Gasteiger partial charge on any atom is 0.225 e. The zero-order valence-corrected chi connectivity index (χ0v) is 13.4. The second-order valence-corrected chi connectivity index (χ2v) is 7.07. The minimum absolute atomic E-state index is 0.0209. The molecule has 0 aromatic carbocycles. The van der Waals surface area contributed by atoms with Gasteiger partial charge in [0.05, 0.1) is 16.7 Å². The SMILES string of the molecule is NCC1(F)CC(C(=O)N2CCC(n3cc(Br)cn3)CC2)C1. The van der Waals surface area contributed by atoms with Crippen molar-refractivity contribution in [3.8, 4) is 0 Å². The molecule has 0 radical (unpaired) electrons. The summed E-state index contributed by atoms with van der Waals surface area (Å²) in [6, 6.07) is 0.339. The standard InChI is InChI=1S/C14H20BrFN4O/c15-11-7-18-20(8-11)12-1-3-19(4-2-12)13(21)10-5-14(16,6-10)9-17/h7-8,10,12H,1-6,9,17H2. The first-order valence-corrected chi connectivity index (χ1v) is 8.17. The Morgan fingerprint density at radius 1 is 1.48 bits per heavy atom. The third-order valence-corrected chi connectivity index (χ3v) is 5.07. The van der Waals surface area contributed by atoms with E-state index in [1.165, 1.54) is 0 Å². The van der Waals surface area contributed by atoms with Gasteiger partial charge in [-0.05, 0) is 41.6 Å². The summed E-state index contributed by atoms with van der Waals surface area (Å²) in [4.78, 5) is 14.2. The van der Waals surface area contributed by atoms with Crippen LogP contribution in [0.3, 0.4) is 0 Å². The fraction of sp³-hybridized carbons (Fsp3) is 0.714. The molecular formula is C14H20BrFN4O. The van der Waals surface area contributed by atoms with Gasteiger partial charge in [0, 0.05) is 31.7 Å². The van der Waals surface area contributed by atoms with Crippen molar-refractivity contribution in [3.63, 3.8) is 0 Å². The Labute approximate surface area is 131 Å². The van der Waals surface area contributed by atoms with Crippen LogP contribution in [0.5, 0.6) is 0 Å². The van der Waals surface area contributed by atoms with E-state index in [0.717, 1.165) is 30.4 Å². The second kappa shape index (κ2) is 5.68. The molecule has 1 amide bonds. The minimum atomic E-state index is -1.31. The van der Waals surface area contributed by atoms with Crippen LogP contribution in [0.1, 0.15) is 31.7 Å². The van der Waals surface area contributed by atoms with Crippen LogP contribution in [0.25, 0.3) is 0 Å². The molecule has 1 aliphatic carbocycles. The molecule has 0 unspecified atom stereocenters. The van der Waals surface area contributed by atoms with Crippen LogP contribution in [-0.4, -0.2) is 45.9 Å². The van der Waals surface area contributed by atoms with Gasteiger partial charge in [-0.2, -0.15) is 5.10 Å². The number of hydrogen-bond acceptors (Lipinski definition) is 3. The van der Waals surface area contributed by atoms with E-state index in [1.807, 2.05) is 15.8 Å². The number of likely N-dealkylation sites (tertiary alicyclic amines) is 1. The van der Waals surface area contributed by atoms with E-state index in [1.54, 1.807) is 6.20 Å². The molecule has 0 spiro atoms. The highest BCUT2D eigenvalue weighted by Gasteiger charge is 2.48. The summed E-state index contributed by atoms with van der Waals surface area (Å²) in [5.74, 6) is -0.0780. The van der Waals surface area contributed by atoms with Gasteiger partial charge in [-0.1, -0.05) is 0 Å². The third kappa shape index (κ3) is 2.99. The van der Waals surface area contributed by atoms with E-state index in [-0.39, 0.29) is 31.2 Å². The van der Waals surface area contributed by atoms with Crippen LogP contribution in [0.15, 0.2) is 16.9 Å². The third-order valence-electron chi connectivity index (χ3n) is 4.66. The molecule has 2 heterocycles. The first-order valence-electron chi connectivity index (χ1n) is 7.38. The Balaban J connectivity index is 1.51. The molecule has 2 N–H and O–H groups in total. The van der Waals surface area contributed by atoms with Crippen molar-refractivity contribution in [3.05, 3.63) is 16.9 Å². The molecule has 2 fully saturated rings. The lowest BCUT2D eigenvalue weighted by Crippen LogP contribution is -2.53. The van der Waals surface area contributed by atoms with Crippen molar-refractivity contribution < 1.29 is 9.18 Å². The van der Waals surface area contributed by atoms with Gasteiger partial charge in [-0.3, -0.25) is 9.48 Å². The first kappa shape index (κ1) is 15.0. The van der Waals surface area contributed by atoms with E-state index >= 15 is 0 Å². The van der Waals surface area contributed by atoms with Crippen LogP contribution in [-0.2, 0) is 4.79 Å². The molecule has 0 bridgehead atoms. The van der Waals surface area contributed by atoms with Gasteiger partial charge in [-0.25, -0.2) is 4.39 Å². The fourth-order valence-electron chi connectivity index (χ4n) is 3.29. The predicted molar refractivity (Wildman–Crippen MR) is 80.4 cm³/mol. The number of amides is 1. The van der Waals surface area contributed by atoms with Gasteiger partial charge in [0.1, 0.15) is 5.67 Å². The van der Waals surface area contributed by atoms with Crippen LogP contribution < -0.4 is 5.73 Å². The van der Waals surface area contributed by atoms with Gasteiger partial charge in [0.2, 0.25) is 5.91 Å². The Kier molecular flexibility index (Phi) is 4.05. The molecule has 5 nitrogen and oxygen atoms in total. The number of hydrogen-bond donors (Lipinski definition) is 1. The Hall–Kier alpha value is -0.950. The second-order valence-electron chi connectivity index (χ2n) is 6.16. The summed E-state index contributed by atoms with van der Waals surface area (Å²) in [5, 5.41) is 4.30. The molecule has 2 aliphatic rings. The molecule has 116 valence electrons. The molecule has 3 rings (SSSR count). The molecule has 1 aromatic rings. The van der Waals surface area contributed by atoms with E-state index in [0.29, 0.717) is 6.04 Å². The highest BCUT2D eigenvalue weighted by molar-refractivity contribution is 9.10. The number of alkyl halides is 1. The molecule has 21 heavy (non-hydrogen) atoms. The van der Waals surface area contributed by atoms with E-state index in [4.69, 9.17) is 5.73 Å². The van der Waals surface area contributed by atoms with E-state index < -0.39 is 5.67 Å². The molecule has 1 aromatic heterocycles. The molecule has 1 saturated carbocycles. The van der Waals surface area contributed by atoms with Crippen LogP contribution in [0, 0.1) is 5.92 Å². The average Bonchev–Trinajstić information content (AvgIpc) is 2.90. The predicted octanol–water partition coefficient (Wildman–Crippen LogP) is 1.89. The van der Waals surface area contributed by atoms with E-state index in [2.05, 4.69) is 21.0 Å². The number of nitrogens with zero attached hydrogens (tertiary/aromatic N) is 3. The summed E-state index contributed by atoms with van der Waals surface area (Å²) in [6.45, 7) is 1.46. The zero-order valence-electron chi connectivity index (χ0n) is 11.8. The van der Waals surface area contributed by atoms with Crippen molar-refractivity contribution in [1.29, 1.82) is 0 Å². The van der Waals surface area contributed by atoms with Crippen molar-refractivity contribution in [2.75, 3.05) is 19.6 Å². The zero-order chi connectivity index (χ0) is 15.0. The lowest BCUT2D eigenvalue weighted by atomic mass is 9.71. The summed E-state index contributed by atoms with van der Waals surface area (Å²) in [6.07, 6.45) is 6.10. The summed E-state index contributed by atoms with van der Waals surface area (Å²) in [5.41, 5.74) is 4.07. The number of piperidine rings is 1. The number of carbonyl (C=O) groups excluding carboxylic acids is 1. The van der Waals surface area contributed by atoms with Crippen molar-refractivity contribution >= 4 is 21.8 Å². The maximum atomic E-state index is 13.8. The van der Waals surface area contributed by atoms with E-state index in [9.17, 15) is 9.18 Å². The average molecular weight is 359 g/mol. The van der Waals surface area contributed by atoms with Crippen LogP contribution in [0.2, 0.25) is 0 Å². The van der Waals surface area contributed by atoms with Gasteiger partial charge < -0.3 is 10.6 Å². The van der Waals surface area contributed by atoms with Crippen LogP contribution >= 0.6 is 15.9 Å². The van der Waals surface area contributed by atoms with Crippen LogP contribution in [0.4, 0.5) is 4.39 Å². The summed E-state index contributed by atoms with van der Waals surface area (Å²) < 4.78 is 16.7. The summed E-state index contributed by atoms with van der Waals surface area (Å²) >= 11 is 3.39. The number of nitrogens with two attached hydrogens (primary N) is 1. The normalized spacial score (nSPS) is 30.2. The number of aromatic nitrogens is 2. The largest absolute Gasteiger partial charge is 0.342 e. The highest BCUT2D eigenvalue weighted by Crippen LogP contribution is 2.41. The minimum Gasteiger partial charge on any atom is -0.342 e. The van der Waals surface area contributed by atoms with Crippen molar-refractivity contribution in [2.45, 2.75) is 37.4 Å². The quantitative estimate of drug-likeness (QED) is 0.897. The fourth-order valence-corrected chi connectivity index (χ4v) is 3.59. The Morgan fingerprint density at radius 2 is 2.14 bits per heavy atom. The Bertz CT molecular complexity index is 521. The van der Waals surface area contributed by atoms with Gasteiger partial charge in [0.15, 0.2) is 0 Å². The number of halogens is 2. The lowest BCUT2D eigenvalue weighted by molar-refractivity contribution is -0.145. The highest BCUT2D eigenvalue weighted by atomic mass is 79.9. The molecule has 1 aliphatic heterocycles. The molecule has 1 saturated heterocycles. The monoisotopic (exact) mass is 358 g/mol. The smallest absolute Gasteiger partial charge is 0.225 e. The van der Waals surface area contributed by atoms with Crippen molar-refractivity contribution in [1.82, 2.24) is 14.7 Å². The summed E-state index contributed by atoms with van der Waals surface area (Å²) in [7, 11) is 0. The number of rotatable bonds is 3. The van der Waals surface area contributed by atoms with Gasteiger partial charge >= 0.3 is 0 Å². The maximum absolute atomic E-state index is 13.8. The van der Waals surface area contributed by atoms with Crippen molar-refractivity contribution in [2.24, 2.45) is 11.7 Å². The molecule has 0 atom stereocenters. The number of carbonyl (C=O) groups is 1. The van der Waals surface area contributed by atoms with Gasteiger partial charge in [0.25, 0.3) is 0 Å². The lowest BCUT2D eigenvalue weighted by Gasteiger charge is -2.43. The van der Waals surface area contributed by atoms with Gasteiger partial charge in [-0.15, -0.1) is 0 Å². The Morgan fingerprint density at radius 3 is 2.67 bits per heavy atom. The molecule has 7 heteroatoms.